The second-order valence-corrected chi connectivity index (χ2v) is 5.52. The van der Waals surface area contributed by atoms with Gasteiger partial charge in [0.05, 0.1) is 5.56 Å². The van der Waals surface area contributed by atoms with Crippen LogP contribution in [0.4, 0.5) is 18.9 Å². The van der Waals surface area contributed by atoms with Gasteiger partial charge in [-0.2, -0.15) is 17.7 Å². The highest BCUT2D eigenvalue weighted by atomic mass is 19.4. The van der Waals surface area contributed by atoms with Crippen molar-refractivity contribution in [1.82, 2.24) is 0 Å². The van der Waals surface area contributed by atoms with Gasteiger partial charge in [0, 0.05) is 24.1 Å². The van der Waals surface area contributed by atoms with Gasteiger partial charge in [-0.1, -0.05) is 6.07 Å². The molecule has 3 nitrogen and oxygen atoms in total. The smallest absolute Gasteiger partial charge is 0.416 e. The van der Waals surface area contributed by atoms with Crippen LogP contribution in [0, 0.1) is 0 Å². The summed E-state index contributed by atoms with van der Waals surface area (Å²) < 4.78 is 51.1. The Balaban J connectivity index is 1.74. The Morgan fingerprint density at radius 3 is 2.57 bits per heavy atom. The van der Waals surface area contributed by atoms with Gasteiger partial charge in [-0.25, -0.2) is 0 Å². The highest BCUT2D eigenvalue weighted by Crippen LogP contribution is 2.36. The van der Waals surface area contributed by atoms with Crippen molar-refractivity contribution in [2.24, 2.45) is 0 Å². The minimum Gasteiger partial charge on any atom is -0.454 e. The van der Waals surface area contributed by atoms with Gasteiger partial charge in [0.1, 0.15) is 0 Å². The summed E-state index contributed by atoms with van der Waals surface area (Å²) in [7, 11) is 0. The summed E-state index contributed by atoms with van der Waals surface area (Å²) >= 11 is 0. The van der Waals surface area contributed by atoms with Gasteiger partial charge in [0.15, 0.2) is 24.3 Å². The molecule has 4 rings (SSSR count). The van der Waals surface area contributed by atoms with E-state index in [1.807, 2.05) is 22.9 Å². The molecule has 0 N–H and O–H groups in total. The number of hydrogen-bond acceptors (Lipinski definition) is 2. The molecule has 0 atom stereocenters. The van der Waals surface area contributed by atoms with Crippen molar-refractivity contribution in [2.45, 2.75) is 12.6 Å². The van der Waals surface area contributed by atoms with Crippen molar-refractivity contribution in [3.8, 4) is 11.5 Å². The number of hydrogen-bond donors (Lipinski definition) is 0. The Morgan fingerprint density at radius 1 is 1.00 bits per heavy atom. The molecule has 2 aromatic rings. The van der Waals surface area contributed by atoms with E-state index in [9.17, 15) is 13.2 Å². The molecule has 2 heterocycles. The summed E-state index contributed by atoms with van der Waals surface area (Å²) in [6, 6.07) is 9.19. The standard InChI is InChI=1S/C17H13F3NO2/c18-17(19,20)13-2-1-3-14(8-13)21-5-4-11-6-15-16(23-10-22-15)7-12(11)9-21/h1-3,6-9H,4-5,10H2/q+1. The number of ether oxygens (including phenoxy) is 2. The molecule has 0 amide bonds. The number of rotatable bonds is 1. The first-order valence-corrected chi connectivity index (χ1v) is 7.22. The molecule has 0 unspecified atom stereocenters. The Hall–Kier alpha value is -2.50. The molecule has 6 heteroatoms. The predicted molar refractivity (Wildman–Crippen MR) is 77.7 cm³/mol. The van der Waals surface area contributed by atoms with Gasteiger partial charge in [0.2, 0.25) is 12.5 Å². The minimum absolute atomic E-state index is 0.204. The van der Waals surface area contributed by atoms with Gasteiger partial charge < -0.3 is 9.47 Å². The summed E-state index contributed by atoms with van der Waals surface area (Å²) in [6.45, 7) is 0.823. The molecule has 0 saturated carbocycles. The average molecular weight is 320 g/mol. The number of fused-ring (bicyclic) bond motifs is 2. The van der Waals surface area contributed by atoms with Gasteiger partial charge in [0.25, 0.3) is 0 Å². The molecule has 118 valence electrons. The zero-order valence-corrected chi connectivity index (χ0v) is 12.1. The van der Waals surface area contributed by atoms with Crippen molar-refractivity contribution < 1.29 is 27.2 Å². The van der Waals surface area contributed by atoms with Crippen molar-refractivity contribution in [3.63, 3.8) is 0 Å². The Kier molecular flexibility index (Phi) is 3.07. The van der Waals surface area contributed by atoms with E-state index >= 15 is 0 Å². The largest absolute Gasteiger partial charge is 0.454 e. The third-order valence-corrected chi connectivity index (χ3v) is 4.06. The van der Waals surface area contributed by atoms with E-state index in [1.54, 1.807) is 6.07 Å². The Labute approximate surface area is 130 Å². The van der Waals surface area contributed by atoms with Gasteiger partial charge in [-0.15, -0.1) is 0 Å². The molecule has 0 saturated heterocycles. The summed E-state index contributed by atoms with van der Waals surface area (Å²) in [5, 5.41) is 0. The maximum absolute atomic E-state index is 12.9. The number of alkyl halides is 3. The van der Waals surface area contributed by atoms with Crippen molar-refractivity contribution in [1.29, 1.82) is 0 Å². The first kappa shape index (κ1) is 14.1. The second-order valence-electron chi connectivity index (χ2n) is 5.52. The zero-order chi connectivity index (χ0) is 16.0. The van der Waals surface area contributed by atoms with E-state index in [1.165, 1.54) is 12.1 Å². The maximum atomic E-state index is 12.9. The third-order valence-electron chi connectivity index (χ3n) is 4.06. The summed E-state index contributed by atoms with van der Waals surface area (Å²) in [4.78, 5) is 0. The van der Waals surface area contributed by atoms with Crippen LogP contribution in [0.5, 0.6) is 11.5 Å². The molecular formula is C17H13F3NO2+. The maximum Gasteiger partial charge on any atom is 0.416 e. The fraction of sp³-hybridized carbons (Fsp3) is 0.235. The first-order valence-electron chi connectivity index (χ1n) is 7.22. The van der Waals surface area contributed by atoms with Crippen LogP contribution in [0.1, 0.15) is 16.7 Å². The Morgan fingerprint density at radius 2 is 1.78 bits per heavy atom. The van der Waals surface area contributed by atoms with Gasteiger partial charge in [-0.3, -0.25) is 0 Å². The van der Waals surface area contributed by atoms with Gasteiger partial charge >= 0.3 is 6.18 Å². The fourth-order valence-corrected chi connectivity index (χ4v) is 2.87. The van der Waals surface area contributed by atoms with E-state index < -0.39 is 11.7 Å². The summed E-state index contributed by atoms with van der Waals surface area (Å²) in [6.07, 6.45) is -1.75. The lowest BCUT2D eigenvalue weighted by molar-refractivity contribution is -0.436. The SMILES string of the molecule is FC(F)(F)c1cccc([N+]2=Cc3cc4c(cc3CC2)OCO4)c1. The first-order chi connectivity index (χ1) is 11.0. The van der Waals surface area contributed by atoms with E-state index in [-0.39, 0.29) is 6.79 Å². The highest BCUT2D eigenvalue weighted by molar-refractivity contribution is 5.81. The van der Waals surface area contributed by atoms with Crippen LogP contribution in [0.25, 0.3) is 0 Å². The van der Waals surface area contributed by atoms with Gasteiger partial charge in [-0.05, 0) is 23.8 Å². The van der Waals surface area contributed by atoms with Crippen LogP contribution in [-0.4, -0.2) is 24.1 Å². The molecular weight excluding hydrogens is 307 g/mol. The van der Waals surface area contributed by atoms with Crippen LogP contribution in [0.15, 0.2) is 36.4 Å². The molecule has 0 spiro atoms. The van der Waals surface area contributed by atoms with Crippen LogP contribution >= 0.6 is 0 Å². The summed E-state index contributed by atoms with van der Waals surface area (Å²) in [5.41, 5.74) is 1.94. The van der Waals surface area contributed by atoms with Crippen LogP contribution in [0.2, 0.25) is 0 Å². The molecule has 23 heavy (non-hydrogen) atoms. The normalized spacial score (nSPS) is 16.0. The minimum atomic E-state index is -4.34. The molecule has 0 fully saturated rings. The van der Waals surface area contributed by atoms with Crippen molar-refractivity contribution in [3.05, 3.63) is 53.1 Å². The molecule has 2 aliphatic heterocycles. The van der Waals surface area contributed by atoms with E-state index in [0.717, 1.165) is 29.4 Å². The molecule has 0 aromatic heterocycles. The van der Waals surface area contributed by atoms with E-state index in [0.29, 0.717) is 18.0 Å². The fourth-order valence-electron chi connectivity index (χ4n) is 2.87. The lowest BCUT2D eigenvalue weighted by atomic mass is 10.0. The topological polar surface area (TPSA) is 21.5 Å². The number of benzene rings is 2. The molecule has 2 aromatic carbocycles. The lowest BCUT2D eigenvalue weighted by Gasteiger charge is -2.14. The quantitative estimate of drug-likeness (QED) is 0.746. The van der Waals surface area contributed by atoms with Crippen LogP contribution in [-0.2, 0) is 12.6 Å². The summed E-state index contributed by atoms with van der Waals surface area (Å²) in [5.74, 6) is 1.40. The zero-order valence-electron chi connectivity index (χ0n) is 12.1. The van der Waals surface area contributed by atoms with E-state index in [2.05, 4.69) is 0 Å². The highest BCUT2D eigenvalue weighted by Gasteiger charge is 2.32. The monoisotopic (exact) mass is 320 g/mol. The molecule has 0 radical (unpaired) electrons. The van der Waals surface area contributed by atoms with Crippen LogP contribution in [0.3, 0.4) is 0 Å². The molecule has 0 bridgehead atoms. The third kappa shape index (κ3) is 2.54. The molecule has 2 aliphatic rings. The van der Waals surface area contributed by atoms with Crippen molar-refractivity contribution >= 4 is 11.9 Å². The second kappa shape index (κ2) is 5.01. The van der Waals surface area contributed by atoms with Crippen LogP contribution < -0.4 is 9.47 Å². The number of halogens is 3. The molecule has 0 aliphatic carbocycles. The average Bonchev–Trinajstić information content (AvgIpc) is 2.98. The Bertz CT molecular complexity index is 812. The number of nitrogens with zero attached hydrogens (tertiary/aromatic N) is 1. The van der Waals surface area contributed by atoms with E-state index in [4.69, 9.17) is 9.47 Å². The predicted octanol–water partition coefficient (Wildman–Crippen LogP) is 3.75. The van der Waals surface area contributed by atoms with Crippen molar-refractivity contribution in [2.75, 3.05) is 13.3 Å². The lowest BCUT2D eigenvalue weighted by Crippen LogP contribution is -2.19.